The van der Waals surface area contributed by atoms with Crippen LogP contribution in [-0.4, -0.2) is 22.5 Å². The monoisotopic (exact) mass is 390 g/mol. The second-order valence-electron chi connectivity index (χ2n) is 6.99. The van der Waals surface area contributed by atoms with Crippen molar-refractivity contribution in [1.82, 2.24) is 9.97 Å². The Morgan fingerprint density at radius 2 is 1.86 bits per heavy atom. The Hall–Kier alpha value is -3.41. The lowest BCUT2D eigenvalue weighted by molar-refractivity contribution is 0.102. The predicted molar refractivity (Wildman–Crippen MR) is 116 cm³/mol. The maximum Gasteiger partial charge on any atom is 0.275 e. The summed E-state index contributed by atoms with van der Waals surface area (Å²) in [7, 11) is 0. The molecule has 0 saturated carbocycles. The summed E-state index contributed by atoms with van der Waals surface area (Å²) >= 11 is 0. The van der Waals surface area contributed by atoms with Crippen molar-refractivity contribution in [3.63, 3.8) is 0 Å². The summed E-state index contributed by atoms with van der Waals surface area (Å²) in [4.78, 5) is 21.3. The third kappa shape index (κ3) is 4.90. The number of rotatable bonds is 7. The van der Waals surface area contributed by atoms with Crippen LogP contribution in [0.1, 0.15) is 48.3 Å². The fourth-order valence-electron chi connectivity index (χ4n) is 3.02. The van der Waals surface area contributed by atoms with Crippen LogP contribution in [0.15, 0.2) is 54.9 Å². The highest BCUT2D eigenvalue weighted by molar-refractivity contribution is 6.03. The minimum Gasteiger partial charge on any atom is -0.492 e. The zero-order valence-electron chi connectivity index (χ0n) is 17.2. The second-order valence-corrected chi connectivity index (χ2v) is 6.99. The number of anilines is 3. The van der Waals surface area contributed by atoms with E-state index in [9.17, 15) is 4.79 Å². The smallest absolute Gasteiger partial charge is 0.275 e. The molecule has 0 unspecified atom stereocenters. The van der Waals surface area contributed by atoms with Gasteiger partial charge in [-0.1, -0.05) is 44.2 Å². The molecular weight excluding hydrogens is 364 g/mol. The normalized spacial score (nSPS) is 10.7. The second kappa shape index (κ2) is 9.19. The molecule has 0 fully saturated rings. The van der Waals surface area contributed by atoms with E-state index in [-0.39, 0.29) is 11.6 Å². The molecule has 0 aliphatic carbocycles. The summed E-state index contributed by atoms with van der Waals surface area (Å²) < 4.78 is 5.60. The summed E-state index contributed by atoms with van der Waals surface area (Å²) in [6, 6.07) is 13.6. The van der Waals surface area contributed by atoms with Crippen LogP contribution in [0.4, 0.5) is 17.2 Å². The fraction of sp³-hybridized carbons (Fsp3) is 0.261. The standard InChI is InChI=1S/C23H26N4O2/c1-5-29-20-12-7-6-11-18(20)26-21-14-24-19(13-25-21)23(28)27-22-16(4)9-8-10-17(22)15(2)3/h6-15H,5H2,1-4H3,(H,25,26)(H,27,28). The number of benzene rings is 2. The molecular formula is C23H26N4O2. The first-order chi connectivity index (χ1) is 14.0. The van der Waals surface area contributed by atoms with Crippen LogP contribution >= 0.6 is 0 Å². The van der Waals surface area contributed by atoms with Gasteiger partial charge in [0.2, 0.25) is 0 Å². The van der Waals surface area contributed by atoms with E-state index in [1.807, 2.05) is 56.3 Å². The van der Waals surface area contributed by atoms with Crippen molar-refractivity contribution >= 4 is 23.1 Å². The molecule has 0 spiro atoms. The highest BCUT2D eigenvalue weighted by atomic mass is 16.5. The van der Waals surface area contributed by atoms with Crippen LogP contribution < -0.4 is 15.4 Å². The number of aryl methyl sites for hydroxylation is 1. The van der Waals surface area contributed by atoms with E-state index in [2.05, 4.69) is 34.4 Å². The molecule has 1 heterocycles. The summed E-state index contributed by atoms with van der Waals surface area (Å²) in [6.45, 7) is 8.69. The highest BCUT2D eigenvalue weighted by Crippen LogP contribution is 2.28. The molecule has 0 aliphatic heterocycles. The van der Waals surface area contributed by atoms with Gasteiger partial charge in [0.25, 0.3) is 5.91 Å². The van der Waals surface area contributed by atoms with Crippen molar-refractivity contribution in [2.75, 3.05) is 17.2 Å². The molecule has 0 bridgehead atoms. The summed E-state index contributed by atoms with van der Waals surface area (Å²) in [5.41, 5.74) is 4.00. The molecule has 3 rings (SSSR count). The number of nitrogens with zero attached hydrogens (tertiary/aromatic N) is 2. The van der Waals surface area contributed by atoms with E-state index in [1.165, 1.54) is 6.20 Å². The van der Waals surface area contributed by atoms with Crippen molar-refractivity contribution in [2.45, 2.75) is 33.6 Å². The first-order valence-electron chi connectivity index (χ1n) is 9.71. The zero-order valence-corrected chi connectivity index (χ0v) is 17.2. The molecule has 0 atom stereocenters. The van der Waals surface area contributed by atoms with Crippen LogP contribution in [0.3, 0.4) is 0 Å². The minimum atomic E-state index is -0.282. The molecule has 150 valence electrons. The van der Waals surface area contributed by atoms with Crippen LogP contribution in [0, 0.1) is 6.92 Å². The molecule has 3 aromatic rings. The van der Waals surface area contributed by atoms with Crippen molar-refractivity contribution in [2.24, 2.45) is 0 Å². The summed E-state index contributed by atoms with van der Waals surface area (Å²) in [5, 5.41) is 6.17. The first-order valence-corrected chi connectivity index (χ1v) is 9.71. The highest BCUT2D eigenvalue weighted by Gasteiger charge is 2.15. The Labute approximate surface area is 171 Å². The van der Waals surface area contributed by atoms with Gasteiger partial charge in [-0.15, -0.1) is 0 Å². The third-order valence-corrected chi connectivity index (χ3v) is 4.50. The Morgan fingerprint density at radius 1 is 1.07 bits per heavy atom. The van der Waals surface area contributed by atoms with E-state index in [4.69, 9.17) is 4.74 Å². The van der Waals surface area contributed by atoms with Gasteiger partial charge in [-0.3, -0.25) is 4.79 Å². The number of amides is 1. The van der Waals surface area contributed by atoms with Crippen LogP contribution in [-0.2, 0) is 0 Å². The van der Waals surface area contributed by atoms with Gasteiger partial charge in [-0.2, -0.15) is 0 Å². The quantitative estimate of drug-likeness (QED) is 0.572. The molecule has 1 aromatic heterocycles. The fourth-order valence-corrected chi connectivity index (χ4v) is 3.02. The number of hydrogen-bond donors (Lipinski definition) is 2. The van der Waals surface area contributed by atoms with Gasteiger partial charge in [0, 0.05) is 5.69 Å². The van der Waals surface area contributed by atoms with Crippen molar-refractivity contribution in [3.05, 3.63) is 71.7 Å². The summed E-state index contributed by atoms with van der Waals surface area (Å²) in [6.07, 6.45) is 3.01. The Morgan fingerprint density at radius 3 is 2.55 bits per heavy atom. The number of hydrogen-bond acceptors (Lipinski definition) is 5. The summed E-state index contributed by atoms with van der Waals surface area (Å²) in [5.74, 6) is 1.29. The Bertz CT molecular complexity index is 984. The number of aromatic nitrogens is 2. The van der Waals surface area contributed by atoms with Gasteiger partial charge in [0.15, 0.2) is 0 Å². The lowest BCUT2D eigenvalue weighted by Crippen LogP contribution is -2.16. The van der Waals surface area contributed by atoms with Crippen molar-refractivity contribution < 1.29 is 9.53 Å². The van der Waals surface area contributed by atoms with E-state index in [0.717, 1.165) is 28.3 Å². The van der Waals surface area contributed by atoms with E-state index < -0.39 is 0 Å². The molecule has 6 heteroatoms. The molecule has 1 amide bonds. The SMILES string of the molecule is CCOc1ccccc1Nc1cnc(C(=O)Nc2c(C)cccc2C(C)C)cn1. The molecule has 29 heavy (non-hydrogen) atoms. The molecule has 6 nitrogen and oxygen atoms in total. The predicted octanol–water partition coefficient (Wildman–Crippen LogP) is 5.30. The van der Waals surface area contributed by atoms with Crippen molar-refractivity contribution in [3.8, 4) is 5.75 Å². The van der Waals surface area contributed by atoms with Crippen LogP contribution in [0.5, 0.6) is 5.75 Å². The van der Waals surface area contributed by atoms with Gasteiger partial charge in [0.05, 0.1) is 24.7 Å². The van der Waals surface area contributed by atoms with E-state index in [0.29, 0.717) is 18.3 Å². The lowest BCUT2D eigenvalue weighted by Gasteiger charge is -2.16. The van der Waals surface area contributed by atoms with Gasteiger partial charge < -0.3 is 15.4 Å². The van der Waals surface area contributed by atoms with Gasteiger partial charge in [-0.25, -0.2) is 9.97 Å². The molecule has 0 aliphatic rings. The first kappa shape index (κ1) is 20.3. The average molecular weight is 390 g/mol. The lowest BCUT2D eigenvalue weighted by atomic mass is 9.98. The van der Waals surface area contributed by atoms with Gasteiger partial charge in [-0.05, 0) is 43.0 Å². The van der Waals surface area contributed by atoms with Crippen LogP contribution in [0.25, 0.3) is 0 Å². The molecule has 0 radical (unpaired) electrons. The van der Waals surface area contributed by atoms with Gasteiger partial charge in [0.1, 0.15) is 17.3 Å². The maximum absolute atomic E-state index is 12.7. The number of para-hydroxylation sites is 3. The third-order valence-electron chi connectivity index (χ3n) is 4.50. The zero-order chi connectivity index (χ0) is 20.8. The van der Waals surface area contributed by atoms with E-state index >= 15 is 0 Å². The number of nitrogens with one attached hydrogen (secondary N) is 2. The number of carbonyl (C=O) groups excluding carboxylic acids is 1. The Balaban J connectivity index is 1.75. The average Bonchev–Trinajstić information content (AvgIpc) is 2.71. The number of carbonyl (C=O) groups is 1. The van der Waals surface area contributed by atoms with Gasteiger partial charge >= 0.3 is 0 Å². The van der Waals surface area contributed by atoms with E-state index in [1.54, 1.807) is 6.20 Å². The van der Waals surface area contributed by atoms with Crippen LogP contribution in [0.2, 0.25) is 0 Å². The largest absolute Gasteiger partial charge is 0.492 e. The minimum absolute atomic E-state index is 0.256. The molecule has 2 N–H and O–H groups in total. The Kier molecular flexibility index (Phi) is 6.44. The topological polar surface area (TPSA) is 76.1 Å². The van der Waals surface area contributed by atoms with Crippen molar-refractivity contribution in [1.29, 1.82) is 0 Å². The molecule has 2 aromatic carbocycles. The maximum atomic E-state index is 12.7. The molecule has 0 saturated heterocycles. The number of ether oxygens (including phenoxy) is 1.